The summed E-state index contributed by atoms with van der Waals surface area (Å²) < 4.78 is 11.9. The van der Waals surface area contributed by atoms with Crippen LogP contribution in [-0.4, -0.2) is 11.2 Å². The molecule has 0 radical (unpaired) electrons. The standard InChI is InChI=1S/C6H5F.CH3NO2/c7-6-4-2-1-3-5-6;2-1(3)4/h1-5H;2H2,(H,3,4). The van der Waals surface area contributed by atoms with Crippen LogP contribution in [0.1, 0.15) is 0 Å². The lowest BCUT2D eigenvalue weighted by atomic mass is 10.4. The first-order valence-electron chi connectivity index (χ1n) is 2.82. The zero-order valence-corrected chi connectivity index (χ0v) is 5.70. The highest BCUT2D eigenvalue weighted by Crippen LogP contribution is 1.91. The SMILES string of the molecule is Fc1ccccc1.NC(=O)O. The van der Waals surface area contributed by atoms with E-state index >= 15 is 0 Å². The average molecular weight is 157 g/mol. The van der Waals surface area contributed by atoms with E-state index in [0.717, 1.165) is 0 Å². The quantitative estimate of drug-likeness (QED) is 0.598. The van der Waals surface area contributed by atoms with Gasteiger partial charge >= 0.3 is 6.09 Å². The van der Waals surface area contributed by atoms with E-state index in [1.165, 1.54) is 12.1 Å². The van der Waals surface area contributed by atoms with Gasteiger partial charge in [0.05, 0.1) is 0 Å². The summed E-state index contributed by atoms with van der Waals surface area (Å²) in [5.41, 5.74) is 4.03. The molecule has 0 aliphatic carbocycles. The highest BCUT2D eigenvalue weighted by molar-refractivity contribution is 5.61. The molecule has 1 rings (SSSR count). The molecule has 0 aliphatic heterocycles. The van der Waals surface area contributed by atoms with Crippen LogP contribution in [0.25, 0.3) is 0 Å². The molecular weight excluding hydrogens is 149 g/mol. The maximum atomic E-state index is 11.9. The van der Waals surface area contributed by atoms with E-state index in [1.54, 1.807) is 18.2 Å². The second-order valence-corrected chi connectivity index (χ2v) is 1.63. The van der Waals surface area contributed by atoms with Gasteiger partial charge < -0.3 is 10.8 Å². The van der Waals surface area contributed by atoms with Gasteiger partial charge in [0, 0.05) is 0 Å². The van der Waals surface area contributed by atoms with E-state index in [9.17, 15) is 4.39 Å². The van der Waals surface area contributed by atoms with E-state index in [-0.39, 0.29) is 5.82 Å². The van der Waals surface area contributed by atoms with Gasteiger partial charge in [0.1, 0.15) is 5.82 Å². The monoisotopic (exact) mass is 157 g/mol. The lowest BCUT2D eigenvalue weighted by molar-refractivity contribution is 0.205. The van der Waals surface area contributed by atoms with Crippen molar-refractivity contribution in [3.63, 3.8) is 0 Å². The molecule has 0 aliphatic rings. The predicted molar refractivity (Wildman–Crippen MR) is 38.6 cm³/mol. The molecule has 1 aromatic carbocycles. The van der Waals surface area contributed by atoms with Gasteiger partial charge in [-0.2, -0.15) is 0 Å². The van der Waals surface area contributed by atoms with Gasteiger partial charge in [-0.25, -0.2) is 9.18 Å². The van der Waals surface area contributed by atoms with Crippen molar-refractivity contribution in [3.05, 3.63) is 36.1 Å². The summed E-state index contributed by atoms with van der Waals surface area (Å²) in [6, 6.07) is 7.94. The Kier molecular flexibility index (Phi) is 4.47. The van der Waals surface area contributed by atoms with Crippen molar-refractivity contribution in [1.29, 1.82) is 0 Å². The molecule has 0 saturated heterocycles. The van der Waals surface area contributed by atoms with Crippen molar-refractivity contribution in [2.45, 2.75) is 0 Å². The maximum Gasteiger partial charge on any atom is 0.402 e. The third kappa shape index (κ3) is 8.42. The molecule has 4 heteroatoms. The molecule has 0 saturated carbocycles. The molecule has 3 nitrogen and oxygen atoms in total. The first-order valence-corrected chi connectivity index (χ1v) is 2.82. The van der Waals surface area contributed by atoms with Crippen LogP contribution in [0.5, 0.6) is 0 Å². The van der Waals surface area contributed by atoms with Crippen LogP contribution < -0.4 is 5.73 Å². The van der Waals surface area contributed by atoms with E-state index in [4.69, 9.17) is 9.90 Å². The average Bonchev–Trinajstić information content (AvgIpc) is 1.87. The third-order valence-corrected chi connectivity index (χ3v) is 0.733. The number of carboxylic acid groups (broad SMARTS) is 1. The number of halogens is 1. The van der Waals surface area contributed by atoms with Crippen LogP contribution in [0.2, 0.25) is 0 Å². The molecule has 0 unspecified atom stereocenters. The van der Waals surface area contributed by atoms with Gasteiger partial charge in [-0.1, -0.05) is 18.2 Å². The van der Waals surface area contributed by atoms with E-state index in [0.29, 0.717) is 0 Å². The van der Waals surface area contributed by atoms with Gasteiger partial charge in [-0.05, 0) is 12.1 Å². The van der Waals surface area contributed by atoms with Crippen molar-refractivity contribution >= 4 is 6.09 Å². The van der Waals surface area contributed by atoms with E-state index in [1.807, 2.05) is 0 Å². The zero-order valence-electron chi connectivity index (χ0n) is 5.70. The molecule has 0 bridgehead atoms. The fraction of sp³-hybridized carbons (Fsp3) is 0. The summed E-state index contributed by atoms with van der Waals surface area (Å²) in [5, 5.41) is 7.19. The van der Waals surface area contributed by atoms with Crippen LogP contribution in [0.4, 0.5) is 9.18 Å². The van der Waals surface area contributed by atoms with Gasteiger partial charge in [-0.15, -0.1) is 0 Å². The Morgan fingerprint density at radius 2 is 1.73 bits per heavy atom. The number of carbonyl (C=O) groups is 1. The predicted octanol–water partition coefficient (Wildman–Crippen LogP) is 1.45. The normalized spacial score (nSPS) is 7.73. The summed E-state index contributed by atoms with van der Waals surface area (Å²) >= 11 is 0. The first kappa shape index (κ1) is 9.42. The first-order chi connectivity index (χ1) is 5.13. The van der Waals surface area contributed by atoms with Crippen LogP contribution in [0, 0.1) is 5.82 Å². The number of rotatable bonds is 0. The third-order valence-electron chi connectivity index (χ3n) is 0.733. The summed E-state index contributed by atoms with van der Waals surface area (Å²) in [6.45, 7) is 0. The van der Waals surface area contributed by atoms with E-state index in [2.05, 4.69) is 5.73 Å². The molecule has 60 valence electrons. The van der Waals surface area contributed by atoms with Crippen LogP contribution in [0.3, 0.4) is 0 Å². The minimum Gasteiger partial charge on any atom is -0.465 e. The summed E-state index contributed by atoms with van der Waals surface area (Å²) in [6.07, 6.45) is -1.33. The molecule has 0 atom stereocenters. The molecule has 1 aromatic rings. The lowest BCUT2D eigenvalue weighted by Crippen LogP contribution is -2.03. The number of amides is 1. The Bertz CT molecular complexity index is 209. The zero-order chi connectivity index (χ0) is 8.69. The van der Waals surface area contributed by atoms with E-state index < -0.39 is 6.09 Å². The fourth-order valence-corrected chi connectivity index (χ4v) is 0.415. The Morgan fingerprint density at radius 1 is 1.36 bits per heavy atom. The van der Waals surface area contributed by atoms with Crippen LogP contribution in [-0.2, 0) is 0 Å². The van der Waals surface area contributed by atoms with Crippen molar-refractivity contribution in [1.82, 2.24) is 0 Å². The topological polar surface area (TPSA) is 63.3 Å². The Hall–Kier alpha value is -1.58. The highest BCUT2D eigenvalue weighted by atomic mass is 19.1. The van der Waals surface area contributed by atoms with Gasteiger partial charge in [0.2, 0.25) is 0 Å². The smallest absolute Gasteiger partial charge is 0.402 e. The lowest BCUT2D eigenvalue weighted by Gasteiger charge is -1.78. The fourth-order valence-electron chi connectivity index (χ4n) is 0.415. The van der Waals surface area contributed by atoms with Gasteiger partial charge in [0.15, 0.2) is 0 Å². The van der Waals surface area contributed by atoms with Crippen molar-refractivity contribution in [2.24, 2.45) is 5.73 Å². The molecular formula is C7H8FNO2. The Balaban J connectivity index is 0.000000218. The van der Waals surface area contributed by atoms with Crippen molar-refractivity contribution in [3.8, 4) is 0 Å². The highest BCUT2D eigenvalue weighted by Gasteiger charge is 1.77. The number of primary amides is 1. The number of hydrogen-bond acceptors (Lipinski definition) is 1. The van der Waals surface area contributed by atoms with Gasteiger partial charge in [-0.3, -0.25) is 0 Å². The Morgan fingerprint density at radius 3 is 1.91 bits per heavy atom. The summed E-state index contributed by atoms with van der Waals surface area (Å²) in [7, 11) is 0. The largest absolute Gasteiger partial charge is 0.465 e. The number of hydrogen-bond donors (Lipinski definition) is 2. The number of benzene rings is 1. The maximum absolute atomic E-state index is 11.9. The molecule has 3 N–H and O–H groups in total. The summed E-state index contributed by atoms with van der Waals surface area (Å²) in [5.74, 6) is -0.178. The second-order valence-electron chi connectivity index (χ2n) is 1.63. The van der Waals surface area contributed by atoms with Crippen LogP contribution >= 0.6 is 0 Å². The molecule has 11 heavy (non-hydrogen) atoms. The molecule has 0 fully saturated rings. The molecule has 0 aromatic heterocycles. The van der Waals surface area contributed by atoms with Gasteiger partial charge in [0.25, 0.3) is 0 Å². The minimum absolute atomic E-state index is 0.178. The minimum atomic E-state index is -1.33. The van der Waals surface area contributed by atoms with Crippen molar-refractivity contribution < 1.29 is 14.3 Å². The molecule has 0 spiro atoms. The number of nitrogens with two attached hydrogens (primary N) is 1. The second kappa shape index (κ2) is 5.22. The van der Waals surface area contributed by atoms with Crippen LogP contribution in [0.15, 0.2) is 30.3 Å². The molecule has 1 amide bonds. The molecule has 0 heterocycles. The Labute approximate surface area is 63.3 Å². The summed E-state index contributed by atoms with van der Waals surface area (Å²) in [4.78, 5) is 8.78. The van der Waals surface area contributed by atoms with Crippen molar-refractivity contribution in [2.75, 3.05) is 0 Å².